The lowest BCUT2D eigenvalue weighted by Crippen LogP contribution is -2.36. The average Bonchev–Trinajstić information content (AvgIpc) is 2.66. The number of nitrogens with one attached hydrogen (secondary N) is 1. The minimum Gasteiger partial charge on any atom is -0.324 e. The fourth-order valence-corrected chi connectivity index (χ4v) is 2.67. The third kappa shape index (κ3) is 3.97. The van der Waals surface area contributed by atoms with E-state index in [0.717, 1.165) is 10.2 Å². The predicted molar refractivity (Wildman–Crippen MR) is 101 cm³/mol. The van der Waals surface area contributed by atoms with Crippen molar-refractivity contribution in [2.45, 2.75) is 19.4 Å². The van der Waals surface area contributed by atoms with Crippen molar-refractivity contribution in [3.05, 3.63) is 76.3 Å². The van der Waals surface area contributed by atoms with E-state index in [1.54, 1.807) is 24.3 Å². The van der Waals surface area contributed by atoms with Gasteiger partial charge in [-0.15, -0.1) is 0 Å². The summed E-state index contributed by atoms with van der Waals surface area (Å²) >= 11 is 5.84. The molecule has 1 heterocycles. The highest BCUT2D eigenvalue weighted by Crippen LogP contribution is 2.17. The Hall–Kier alpha value is -2.99. The fourth-order valence-electron chi connectivity index (χ4n) is 2.54. The van der Waals surface area contributed by atoms with E-state index in [1.807, 2.05) is 37.3 Å². The molecule has 1 atom stereocenters. The van der Waals surface area contributed by atoms with Crippen molar-refractivity contribution >= 4 is 23.2 Å². The third-order valence-corrected chi connectivity index (χ3v) is 4.13. The van der Waals surface area contributed by atoms with Crippen molar-refractivity contribution in [3.63, 3.8) is 0 Å². The fraction of sp³-hybridized carbons (Fsp3) is 0.158. The smallest absolute Gasteiger partial charge is 0.324 e. The standard InChI is InChI=1S/C19H17ClN4O2/c1-2-17(18(25)22-15-10-8-14(20)9-11-15)24-19(26)23-16(12-21-24)13-6-4-3-5-7-13/h3-12,17H,2H2,1H3,(H,22,25)/t17-/m0/s1. The van der Waals surface area contributed by atoms with Crippen molar-refractivity contribution in [2.24, 2.45) is 0 Å². The van der Waals surface area contributed by atoms with Crippen LogP contribution in [0.2, 0.25) is 5.02 Å². The van der Waals surface area contributed by atoms with Crippen LogP contribution in [-0.2, 0) is 4.79 Å². The van der Waals surface area contributed by atoms with Crippen LogP contribution in [0.5, 0.6) is 0 Å². The second-order valence-electron chi connectivity index (χ2n) is 5.65. The van der Waals surface area contributed by atoms with Gasteiger partial charge in [-0.1, -0.05) is 48.9 Å². The summed E-state index contributed by atoms with van der Waals surface area (Å²) < 4.78 is 1.11. The summed E-state index contributed by atoms with van der Waals surface area (Å²) in [6.07, 6.45) is 1.90. The normalized spacial score (nSPS) is 11.8. The van der Waals surface area contributed by atoms with Gasteiger partial charge in [0.15, 0.2) is 0 Å². The van der Waals surface area contributed by atoms with Crippen molar-refractivity contribution in [3.8, 4) is 11.3 Å². The molecule has 0 spiro atoms. The van der Waals surface area contributed by atoms with Crippen molar-refractivity contribution < 1.29 is 4.79 Å². The van der Waals surface area contributed by atoms with E-state index in [-0.39, 0.29) is 5.91 Å². The molecule has 0 aliphatic rings. The van der Waals surface area contributed by atoms with Gasteiger partial charge in [0, 0.05) is 16.3 Å². The second kappa shape index (κ2) is 7.93. The quantitative estimate of drug-likeness (QED) is 0.747. The maximum Gasteiger partial charge on any atom is 0.365 e. The minimum atomic E-state index is -0.754. The molecule has 0 saturated heterocycles. The predicted octanol–water partition coefficient (Wildman–Crippen LogP) is 3.55. The minimum absolute atomic E-state index is 0.335. The molecule has 1 amide bonds. The Kier molecular flexibility index (Phi) is 5.43. The van der Waals surface area contributed by atoms with Crippen LogP contribution in [0, 0.1) is 0 Å². The molecule has 1 N–H and O–H groups in total. The van der Waals surface area contributed by atoms with Crippen LogP contribution >= 0.6 is 11.6 Å². The molecule has 3 rings (SSSR count). The molecule has 0 aliphatic carbocycles. The summed E-state index contributed by atoms with van der Waals surface area (Å²) in [4.78, 5) is 29.0. The van der Waals surface area contributed by atoms with Gasteiger partial charge in [0.05, 0.1) is 11.9 Å². The molecule has 3 aromatic rings. The molecule has 2 aromatic carbocycles. The molecule has 7 heteroatoms. The van der Waals surface area contributed by atoms with Gasteiger partial charge in [0.1, 0.15) is 6.04 Å². The van der Waals surface area contributed by atoms with Crippen LogP contribution in [0.3, 0.4) is 0 Å². The number of carbonyl (C=O) groups is 1. The number of benzene rings is 2. The van der Waals surface area contributed by atoms with Crippen LogP contribution in [0.4, 0.5) is 5.69 Å². The number of amides is 1. The number of aromatic nitrogens is 3. The van der Waals surface area contributed by atoms with Gasteiger partial charge in [-0.05, 0) is 30.7 Å². The summed E-state index contributed by atoms with van der Waals surface area (Å²) in [7, 11) is 0. The number of rotatable bonds is 5. The van der Waals surface area contributed by atoms with Gasteiger partial charge in [-0.25, -0.2) is 9.48 Å². The van der Waals surface area contributed by atoms with Crippen LogP contribution in [-0.4, -0.2) is 20.7 Å². The number of hydrogen-bond donors (Lipinski definition) is 1. The Balaban J connectivity index is 1.84. The molecular formula is C19H17ClN4O2. The molecule has 132 valence electrons. The van der Waals surface area contributed by atoms with Gasteiger partial charge in [-0.2, -0.15) is 10.1 Å². The van der Waals surface area contributed by atoms with E-state index in [2.05, 4.69) is 15.4 Å². The number of nitrogens with zero attached hydrogens (tertiary/aromatic N) is 3. The lowest BCUT2D eigenvalue weighted by atomic mass is 10.2. The average molecular weight is 369 g/mol. The Labute approximate surface area is 155 Å². The zero-order valence-electron chi connectivity index (χ0n) is 14.1. The van der Waals surface area contributed by atoms with E-state index in [0.29, 0.717) is 22.8 Å². The van der Waals surface area contributed by atoms with E-state index in [4.69, 9.17) is 11.6 Å². The maximum atomic E-state index is 12.6. The first-order chi connectivity index (χ1) is 12.6. The van der Waals surface area contributed by atoms with Crippen LogP contribution in [0.15, 0.2) is 65.6 Å². The van der Waals surface area contributed by atoms with Crippen LogP contribution in [0.1, 0.15) is 19.4 Å². The number of halogens is 1. The molecule has 0 saturated carbocycles. The van der Waals surface area contributed by atoms with Gasteiger partial charge >= 0.3 is 5.69 Å². The summed E-state index contributed by atoms with van der Waals surface area (Å²) in [5.74, 6) is -0.335. The van der Waals surface area contributed by atoms with E-state index >= 15 is 0 Å². The van der Waals surface area contributed by atoms with Gasteiger partial charge in [0.2, 0.25) is 5.91 Å². The third-order valence-electron chi connectivity index (χ3n) is 3.88. The van der Waals surface area contributed by atoms with Crippen molar-refractivity contribution in [2.75, 3.05) is 5.32 Å². The SMILES string of the molecule is CC[C@@H](C(=O)Nc1ccc(Cl)cc1)n1ncc(-c2ccccc2)nc1=O. The Morgan fingerprint density at radius 1 is 1.15 bits per heavy atom. The van der Waals surface area contributed by atoms with Gasteiger partial charge in [0.25, 0.3) is 0 Å². The lowest BCUT2D eigenvalue weighted by Gasteiger charge is -2.16. The molecule has 0 fully saturated rings. The monoisotopic (exact) mass is 368 g/mol. The number of anilines is 1. The molecule has 0 aliphatic heterocycles. The first kappa shape index (κ1) is 17.8. The number of hydrogen-bond acceptors (Lipinski definition) is 4. The van der Waals surface area contributed by atoms with E-state index in [1.165, 1.54) is 6.20 Å². The molecule has 26 heavy (non-hydrogen) atoms. The van der Waals surface area contributed by atoms with E-state index < -0.39 is 11.7 Å². The first-order valence-electron chi connectivity index (χ1n) is 8.16. The van der Waals surface area contributed by atoms with Crippen LogP contribution < -0.4 is 11.0 Å². The summed E-state index contributed by atoms with van der Waals surface area (Å²) in [5.41, 5.74) is 1.30. The summed E-state index contributed by atoms with van der Waals surface area (Å²) in [5, 5.41) is 7.51. The maximum absolute atomic E-state index is 12.6. The molecule has 6 nitrogen and oxygen atoms in total. The van der Waals surface area contributed by atoms with Gasteiger partial charge < -0.3 is 5.32 Å². The summed E-state index contributed by atoms with van der Waals surface area (Å²) in [6.45, 7) is 1.81. The van der Waals surface area contributed by atoms with Crippen molar-refractivity contribution in [1.82, 2.24) is 14.8 Å². The second-order valence-corrected chi connectivity index (χ2v) is 6.09. The molecule has 0 unspecified atom stereocenters. The molecule has 1 aromatic heterocycles. The van der Waals surface area contributed by atoms with Crippen molar-refractivity contribution in [1.29, 1.82) is 0 Å². The molecule has 0 bridgehead atoms. The zero-order valence-corrected chi connectivity index (χ0v) is 14.8. The highest BCUT2D eigenvalue weighted by atomic mass is 35.5. The summed E-state index contributed by atoms with van der Waals surface area (Å²) in [6, 6.07) is 15.3. The van der Waals surface area contributed by atoms with E-state index in [9.17, 15) is 9.59 Å². The number of carbonyl (C=O) groups excluding carboxylic acids is 1. The zero-order chi connectivity index (χ0) is 18.5. The first-order valence-corrected chi connectivity index (χ1v) is 8.54. The highest BCUT2D eigenvalue weighted by molar-refractivity contribution is 6.30. The molecule has 0 radical (unpaired) electrons. The van der Waals surface area contributed by atoms with Gasteiger partial charge in [-0.3, -0.25) is 4.79 Å². The van der Waals surface area contributed by atoms with Crippen LogP contribution in [0.25, 0.3) is 11.3 Å². The largest absolute Gasteiger partial charge is 0.365 e. The Morgan fingerprint density at radius 3 is 2.46 bits per heavy atom. The topological polar surface area (TPSA) is 76.9 Å². The lowest BCUT2D eigenvalue weighted by molar-refractivity contribution is -0.119. The highest BCUT2D eigenvalue weighted by Gasteiger charge is 2.21. The molecular weight excluding hydrogens is 352 g/mol. The Bertz CT molecular complexity index is 955. The Morgan fingerprint density at radius 2 is 1.85 bits per heavy atom.